The zero-order chi connectivity index (χ0) is 13.9. The predicted octanol–water partition coefficient (Wildman–Crippen LogP) is 0.586. The third-order valence-corrected chi connectivity index (χ3v) is 3.13. The lowest BCUT2D eigenvalue weighted by atomic mass is 9.85. The van der Waals surface area contributed by atoms with E-state index in [9.17, 15) is 14.0 Å². The minimum Gasteiger partial charge on any atom is -0.480 e. The molecule has 1 aliphatic rings. The van der Waals surface area contributed by atoms with E-state index < -0.39 is 17.3 Å². The fourth-order valence-corrected chi connectivity index (χ4v) is 1.84. The lowest BCUT2D eigenvalue weighted by molar-refractivity contribution is -0.185. The number of aliphatic carboxylic acids is 1. The smallest absolute Gasteiger partial charge is 0.324 e. The number of carboxylic acids is 1. The Morgan fingerprint density at radius 1 is 1.42 bits per heavy atom. The number of carbonyl (C=O) groups is 2. The van der Waals surface area contributed by atoms with Crippen molar-refractivity contribution in [1.82, 2.24) is 5.32 Å². The van der Waals surface area contributed by atoms with Crippen molar-refractivity contribution in [3.63, 3.8) is 0 Å². The molecule has 6 heteroatoms. The van der Waals surface area contributed by atoms with Crippen molar-refractivity contribution < 1.29 is 23.8 Å². The Balaban J connectivity index is 1.86. The van der Waals surface area contributed by atoms with Gasteiger partial charge in [0.1, 0.15) is 5.82 Å². The molecule has 0 atom stereocenters. The topological polar surface area (TPSA) is 75.6 Å². The summed E-state index contributed by atoms with van der Waals surface area (Å²) in [4.78, 5) is 22.8. The summed E-state index contributed by atoms with van der Waals surface area (Å²) in [5.41, 5.74) is -0.711. The molecule has 0 aromatic heterocycles. The summed E-state index contributed by atoms with van der Waals surface area (Å²) in [5.74, 6) is -2.07. The molecule has 1 saturated heterocycles. The van der Waals surface area contributed by atoms with Crippen molar-refractivity contribution in [3.05, 3.63) is 35.6 Å². The van der Waals surface area contributed by atoms with Crippen LogP contribution < -0.4 is 5.32 Å². The third kappa shape index (κ3) is 2.73. The van der Waals surface area contributed by atoms with Crippen LogP contribution in [0.4, 0.5) is 4.39 Å². The fraction of sp³-hybridized carbons (Fsp3) is 0.385. The number of carbonyl (C=O) groups excluding carboxylic acids is 1. The molecule has 0 radical (unpaired) electrons. The van der Waals surface area contributed by atoms with Gasteiger partial charge >= 0.3 is 5.97 Å². The number of rotatable bonds is 5. The van der Waals surface area contributed by atoms with Gasteiger partial charge in [-0.05, 0) is 24.1 Å². The van der Waals surface area contributed by atoms with E-state index in [0.717, 1.165) is 5.56 Å². The first-order valence-corrected chi connectivity index (χ1v) is 5.88. The van der Waals surface area contributed by atoms with E-state index in [1.165, 1.54) is 12.1 Å². The number of hydrogen-bond donors (Lipinski definition) is 2. The van der Waals surface area contributed by atoms with Crippen molar-refractivity contribution in [2.45, 2.75) is 6.42 Å². The number of hydrogen-bond acceptors (Lipinski definition) is 3. The molecule has 102 valence electrons. The second kappa shape index (κ2) is 5.36. The number of halogens is 1. The summed E-state index contributed by atoms with van der Waals surface area (Å²) < 4.78 is 17.7. The number of amides is 1. The average Bonchev–Trinajstić information content (AvgIpc) is 2.26. The molecule has 0 spiro atoms. The molecule has 0 aliphatic carbocycles. The summed E-state index contributed by atoms with van der Waals surface area (Å²) in [5, 5.41) is 11.6. The van der Waals surface area contributed by atoms with Gasteiger partial charge < -0.3 is 15.2 Å². The molecule has 1 fully saturated rings. The molecule has 0 unspecified atom stereocenters. The van der Waals surface area contributed by atoms with Gasteiger partial charge in [0.15, 0.2) is 5.41 Å². The van der Waals surface area contributed by atoms with E-state index >= 15 is 0 Å². The summed E-state index contributed by atoms with van der Waals surface area (Å²) in [6.07, 6.45) is 0.445. The zero-order valence-electron chi connectivity index (χ0n) is 10.2. The Hall–Kier alpha value is -1.95. The Kier molecular flexibility index (Phi) is 3.80. The maximum atomic E-state index is 12.9. The van der Waals surface area contributed by atoms with Gasteiger partial charge in [-0.1, -0.05) is 12.1 Å². The Labute approximate surface area is 109 Å². The zero-order valence-corrected chi connectivity index (χ0v) is 10.2. The van der Waals surface area contributed by atoms with Gasteiger partial charge in [-0.3, -0.25) is 9.59 Å². The summed E-state index contributed by atoms with van der Waals surface area (Å²) in [6.45, 7) is 0.0551. The quantitative estimate of drug-likeness (QED) is 0.765. The standard InChI is InChI=1S/C13H14FNO4/c14-10-3-1-2-9(6-10)4-5-15-11(16)13(12(17)18)7-19-8-13/h1-3,6H,4-5,7-8H2,(H,15,16)(H,17,18). The van der Waals surface area contributed by atoms with Crippen LogP contribution >= 0.6 is 0 Å². The highest BCUT2D eigenvalue weighted by Gasteiger charge is 2.53. The van der Waals surface area contributed by atoms with Crippen LogP contribution in [0.15, 0.2) is 24.3 Å². The Morgan fingerprint density at radius 3 is 2.68 bits per heavy atom. The van der Waals surface area contributed by atoms with Crippen LogP contribution in [0.1, 0.15) is 5.56 Å². The van der Waals surface area contributed by atoms with Crippen LogP contribution in [-0.2, 0) is 20.7 Å². The first-order chi connectivity index (χ1) is 9.04. The van der Waals surface area contributed by atoms with E-state index in [2.05, 4.69) is 5.32 Å². The van der Waals surface area contributed by atoms with Crippen molar-refractivity contribution in [1.29, 1.82) is 0 Å². The van der Waals surface area contributed by atoms with Gasteiger partial charge in [0.2, 0.25) is 5.91 Å². The van der Waals surface area contributed by atoms with E-state index in [1.807, 2.05) is 0 Å². The van der Waals surface area contributed by atoms with Crippen LogP contribution in [0.5, 0.6) is 0 Å². The molecule has 2 rings (SSSR count). The van der Waals surface area contributed by atoms with Gasteiger partial charge in [-0.15, -0.1) is 0 Å². The first kappa shape index (κ1) is 13.5. The van der Waals surface area contributed by atoms with Crippen LogP contribution in [-0.4, -0.2) is 36.7 Å². The molecule has 2 N–H and O–H groups in total. The molecule has 5 nitrogen and oxygen atoms in total. The highest BCUT2D eigenvalue weighted by molar-refractivity contribution is 6.03. The van der Waals surface area contributed by atoms with Gasteiger partial charge in [0.25, 0.3) is 0 Å². The molecule has 1 aliphatic heterocycles. The van der Waals surface area contributed by atoms with E-state index in [0.29, 0.717) is 6.42 Å². The predicted molar refractivity (Wildman–Crippen MR) is 64.0 cm³/mol. The molecule has 0 bridgehead atoms. The maximum Gasteiger partial charge on any atom is 0.324 e. The Bertz CT molecular complexity index is 499. The second-order valence-corrected chi connectivity index (χ2v) is 4.52. The molecular formula is C13H14FNO4. The minimum absolute atomic E-state index is 0.103. The normalized spacial score (nSPS) is 16.5. The van der Waals surface area contributed by atoms with Gasteiger partial charge in [-0.2, -0.15) is 0 Å². The average molecular weight is 267 g/mol. The monoisotopic (exact) mass is 267 g/mol. The molecule has 1 heterocycles. The summed E-state index contributed by atoms with van der Waals surface area (Å²) in [6, 6.07) is 6.05. The van der Waals surface area contributed by atoms with E-state index in [4.69, 9.17) is 9.84 Å². The number of ether oxygens (including phenoxy) is 1. The maximum absolute atomic E-state index is 12.9. The van der Waals surface area contributed by atoms with E-state index in [-0.39, 0.29) is 25.6 Å². The van der Waals surface area contributed by atoms with Crippen LogP contribution in [0.3, 0.4) is 0 Å². The second-order valence-electron chi connectivity index (χ2n) is 4.52. The van der Waals surface area contributed by atoms with Gasteiger partial charge in [-0.25, -0.2) is 4.39 Å². The third-order valence-electron chi connectivity index (χ3n) is 3.13. The first-order valence-electron chi connectivity index (χ1n) is 5.88. The molecule has 1 aromatic carbocycles. The molecule has 1 amide bonds. The van der Waals surface area contributed by atoms with Crippen LogP contribution in [0.25, 0.3) is 0 Å². The number of carboxylic acid groups (broad SMARTS) is 1. The fourth-order valence-electron chi connectivity index (χ4n) is 1.84. The van der Waals surface area contributed by atoms with E-state index in [1.54, 1.807) is 12.1 Å². The van der Waals surface area contributed by atoms with Crippen molar-refractivity contribution in [3.8, 4) is 0 Å². The van der Waals surface area contributed by atoms with Crippen molar-refractivity contribution in [2.24, 2.45) is 5.41 Å². The lowest BCUT2D eigenvalue weighted by Crippen LogP contribution is -2.59. The molecule has 19 heavy (non-hydrogen) atoms. The molecule has 1 aromatic rings. The highest BCUT2D eigenvalue weighted by Crippen LogP contribution is 2.27. The van der Waals surface area contributed by atoms with Crippen molar-refractivity contribution >= 4 is 11.9 Å². The van der Waals surface area contributed by atoms with Crippen molar-refractivity contribution in [2.75, 3.05) is 19.8 Å². The molecular weight excluding hydrogens is 253 g/mol. The minimum atomic E-state index is -1.46. The van der Waals surface area contributed by atoms with Gasteiger partial charge in [0.05, 0.1) is 13.2 Å². The number of benzene rings is 1. The molecule has 0 saturated carbocycles. The largest absolute Gasteiger partial charge is 0.480 e. The summed E-state index contributed by atoms with van der Waals surface area (Å²) >= 11 is 0. The van der Waals surface area contributed by atoms with Crippen LogP contribution in [0, 0.1) is 11.2 Å². The lowest BCUT2D eigenvalue weighted by Gasteiger charge is -2.35. The Morgan fingerprint density at radius 2 is 2.16 bits per heavy atom. The summed E-state index contributed by atoms with van der Waals surface area (Å²) in [7, 11) is 0. The van der Waals surface area contributed by atoms with Gasteiger partial charge in [0, 0.05) is 6.54 Å². The SMILES string of the molecule is O=C(O)C1(C(=O)NCCc2cccc(F)c2)COC1. The van der Waals surface area contributed by atoms with Crippen LogP contribution in [0.2, 0.25) is 0 Å². The highest BCUT2D eigenvalue weighted by atomic mass is 19.1. The number of nitrogens with one attached hydrogen (secondary N) is 1.